The summed E-state index contributed by atoms with van der Waals surface area (Å²) in [6, 6.07) is 38.8. The van der Waals surface area contributed by atoms with Gasteiger partial charge in [-0.2, -0.15) is 0 Å². The van der Waals surface area contributed by atoms with Gasteiger partial charge >= 0.3 is 6.09 Å². The predicted octanol–water partition coefficient (Wildman–Crippen LogP) is 9.81. The van der Waals surface area contributed by atoms with E-state index in [1.54, 1.807) is 4.90 Å². The van der Waals surface area contributed by atoms with Crippen LogP contribution in [0.3, 0.4) is 0 Å². The summed E-state index contributed by atoms with van der Waals surface area (Å²) >= 11 is 0. The van der Waals surface area contributed by atoms with Crippen molar-refractivity contribution in [1.82, 2.24) is 4.90 Å². The molecule has 6 heteroatoms. The van der Waals surface area contributed by atoms with Gasteiger partial charge in [0.05, 0.1) is 18.2 Å². The second-order valence-electron chi connectivity index (χ2n) is 15.4. The molecule has 0 spiro atoms. The predicted molar refractivity (Wildman–Crippen MR) is 210 cm³/mol. The molecule has 272 valence electrons. The fraction of sp³-hybridized carbons (Fsp3) is 0.319. The average Bonchev–Trinajstić information content (AvgIpc) is 3.42. The summed E-state index contributed by atoms with van der Waals surface area (Å²) < 4.78 is 6.06. The van der Waals surface area contributed by atoms with E-state index in [1.807, 2.05) is 115 Å². The van der Waals surface area contributed by atoms with Crippen molar-refractivity contribution in [1.29, 1.82) is 0 Å². The summed E-state index contributed by atoms with van der Waals surface area (Å²) in [5.41, 5.74) is 3.18. The molecule has 3 aliphatic rings. The number of nitrogens with zero attached hydrogens (tertiary/aromatic N) is 1. The quantitative estimate of drug-likeness (QED) is 0.130. The van der Waals surface area contributed by atoms with E-state index in [1.165, 1.54) is 5.57 Å². The summed E-state index contributed by atoms with van der Waals surface area (Å²) in [5, 5.41) is 26.1. The molecule has 6 nitrogen and oxygen atoms in total. The van der Waals surface area contributed by atoms with Gasteiger partial charge in [0.1, 0.15) is 5.75 Å². The van der Waals surface area contributed by atoms with Gasteiger partial charge in [-0.25, -0.2) is 4.79 Å². The topological polar surface area (TPSA) is 87.1 Å². The molecule has 2 bridgehead atoms. The molecule has 53 heavy (non-hydrogen) atoms. The van der Waals surface area contributed by atoms with Crippen LogP contribution in [-0.2, 0) is 13.0 Å². The van der Waals surface area contributed by atoms with Gasteiger partial charge < -0.3 is 19.8 Å². The Balaban J connectivity index is 1.27. The molecule has 5 aromatic carbocycles. The monoisotopic (exact) mass is 707 g/mol. The van der Waals surface area contributed by atoms with E-state index in [2.05, 4.69) is 26.0 Å². The van der Waals surface area contributed by atoms with Gasteiger partial charge in [-0.15, -0.1) is 0 Å². The third-order valence-electron chi connectivity index (χ3n) is 11.8. The average molecular weight is 708 g/mol. The van der Waals surface area contributed by atoms with Crippen LogP contribution in [0.2, 0.25) is 0 Å². The molecular weight excluding hydrogens is 659 g/mol. The van der Waals surface area contributed by atoms with Crippen molar-refractivity contribution in [2.45, 2.75) is 83.0 Å². The Kier molecular flexibility index (Phi) is 10.6. The Hall–Kier alpha value is -5.04. The van der Waals surface area contributed by atoms with Gasteiger partial charge in [0.2, 0.25) is 0 Å². The van der Waals surface area contributed by atoms with Crippen molar-refractivity contribution < 1.29 is 24.5 Å². The SMILES string of the molecule is CC1=CCCC2(C)C(CCC2(O)CN(Cc2ccccc2)C(=O)Oc2ccc3ccccc3c2)c2ccc(cc2C(=O)c2ccccc2)CC(O)CC1. The molecule has 0 aromatic heterocycles. The first-order chi connectivity index (χ1) is 25.6. The maximum atomic E-state index is 14.3. The molecule has 2 N–H and O–H groups in total. The highest BCUT2D eigenvalue weighted by molar-refractivity contribution is 6.10. The third-order valence-corrected chi connectivity index (χ3v) is 11.8. The largest absolute Gasteiger partial charge is 0.415 e. The van der Waals surface area contributed by atoms with Gasteiger partial charge in [-0.05, 0) is 103 Å². The molecule has 0 aliphatic heterocycles. The van der Waals surface area contributed by atoms with E-state index in [-0.39, 0.29) is 24.8 Å². The fourth-order valence-corrected chi connectivity index (χ4v) is 8.64. The molecule has 4 unspecified atom stereocenters. The number of rotatable bonds is 7. The summed E-state index contributed by atoms with van der Waals surface area (Å²) in [4.78, 5) is 30.1. The van der Waals surface area contributed by atoms with E-state index >= 15 is 0 Å². The lowest BCUT2D eigenvalue weighted by atomic mass is 9.64. The summed E-state index contributed by atoms with van der Waals surface area (Å²) in [7, 11) is 0. The Labute approximate surface area is 312 Å². The number of fused-ring (bicyclic) bond motifs is 9. The zero-order chi connectivity index (χ0) is 37.0. The molecule has 1 fully saturated rings. The van der Waals surface area contributed by atoms with Gasteiger partial charge in [0, 0.05) is 23.1 Å². The van der Waals surface area contributed by atoms with Crippen molar-refractivity contribution >= 4 is 22.6 Å². The first-order valence-electron chi connectivity index (χ1n) is 18.9. The van der Waals surface area contributed by atoms with E-state index in [9.17, 15) is 19.8 Å². The number of amides is 1. The lowest BCUT2D eigenvalue weighted by Gasteiger charge is -2.46. The molecule has 1 saturated carbocycles. The number of aliphatic hydroxyl groups excluding tert-OH is 1. The fourth-order valence-electron chi connectivity index (χ4n) is 8.64. The number of carbonyl (C=O) groups is 2. The zero-order valence-corrected chi connectivity index (χ0v) is 30.7. The number of hydrogen-bond donors (Lipinski definition) is 2. The van der Waals surface area contributed by atoms with Gasteiger partial charge in [0.25, 0.3) is 0 Å². The number of aliphatic hydroxyl groups is 2. The number of hydrogen-bond acceptors (Lipinski definition) is 5. The third kappa shape index (κ3) is 7.85. The van der Waals surface area contributed by atoms with Crippen LogP contribution in [0.1, 0.15) is 90.9 Å². The Morgan fingerprint density at radius 2 is 1.55 bits per heavy atom. The van der Waals surface area contributed by atoms with Crippen LogP contribution in [0.15, 0.2) is 133 Å². The summed E-state index contributed by atoms with van der Waals surface area (Å²) in [5.74, 6) is 0.213. The van der Waals surface area contributed by atoms with Crippen molar-refractivity contribution in [3.63, 3.8) is 0 Å². The van der Waals surface area contributed by atoms with Crippen molar-refractivity contribution in [3.05, 3.63) is 161 Å². The van der Waals surface area contributed by atoms with E-state index in [0.717, 1.165) is 40.3 Å². The number of benzene rings is 5. The molecule has 4 atom stereocenters. The minimum Gasteiger partial charge on any atom is -0.410 e. The second kappa shape index (κ2) is 15.5. The maximum absolute atomic E-state index is 14.3. The van der Waals surface area contributed by atoms with Gasteiger partial charge in [-0.1, -0.05) is 122 Å². The van der Waals surface area contributed by atoms with E-state index in [4.69, 9.17) is 4.74 Å². The van der Waals surface area contributed by atoms with Crippen LogP contribution >= 0.6 is 0 Å². The maximum Gasteiger partial charge on any atom is 0.415 e. The first kappa shape index (κ1) is 36.3. The highest BCUT2D eigenvalue weighted by Gasteiger charge is 2.57. The molecular formula is C47H49NO5. The van der Waals surface area contributed by atoms with Crippen LogP contribution in [0, 0.1) is 5.41 Å². The zero-order valence-electron chi connectivity index (χ0n) is 30.7. The number of carbonyl (C=O) groups excluding carboxylic acids is 2. The molecule has 8 rings (SSSR count). The van der Waals surface area contributed by atoms with Gasteiger partial charge in [0.15, 0.2) is 5.78 Å². The first-order valence-corrected chi connectivity index (χ1v) is 18.9. The second-order valence-corrected chi connectivity index (χ2v) is 15.4. The van der Waals surface area contributed by atoms with Crippen molar-refractivity contribution in [2.24, 2.45) is 5.41 Å². The lowest BCUT2D eigenvalue weighted by Crippen LogP contribution is -2.54. The van der Waals surface area contributed by atoms with Gasteiger partial charge in [-0.3, -0.25) is 4.79 Å². The molecule has 0 saturated heterocycles. The number of ether oxygens (including phenoxy) is 1. The standard InChI is InChI=1S/C47H49NO5/c1-33-12-11-26-46(2)43(41-24-20-35(28-39(49)22-19-33)29-42(41)44(50)37-16-7-4-8-17-37)25-27-47(46,52)32-48(31-34-13-5-3-6-14-34)45(51)53-40-23-21-36-15-9-10-18-38(36)30-40/h3-10,12-18,20-21,23-24,29-30,39,43,49,52H,11,19,22,25-28,31-32H2,1-2H3. The number of allylic oxidation sites excluding steroid dienone is 2. The van der Waals surface area contributed by atoms with Crippen LogP contribution in [-0.4, -0.2) is 45.2 Å². The Morgan fingerprint density at radius 1 is 0.830 bits per heavy atom. The van der Waals surface area contributed by atoms with Crippen molar-refractivity contribution in [3.8, 4) is 5.75 Å². The summed E-state index contributed by atoms with van der Waals surface area (Å²) in [6.07, 6.45) is 5.51. The van der Waals surface area contributed by atoms with Crippen LogP contribution in [0.25, 0.3) is 10.8 Å². The lowest BCUT2D eigenvalue weighted by molar-refractivity contribution is -0.0802. The van der Waals surface area contributed by atoms with Crippen molar-refractivity contribution in [2.75, 3.05) is 6.54 Å². The number of ketones is 1. The van der Waals surface area contributed by atoms with E-state index in [0.29, 0.717) is 49.0 Å². The highest BCUT2D eigenvalue weighted by atomic mass is 16.6. The summed E-state index contributed by atoms with van der Waals surface area (Å²) in [6.45, 7) is 4.58. The molecule has 3 aliphatic carbocycles. The highest BCUT2D eigenvalue weighted by Crippen LogP contribution is 2.59. The molecule has 0 radical (unpaired) electrons. The minimum atomic E-state index is -1.30. The Bertz CT molecular complexity index is 2110. The smallest absolute Gasteiger partial charge is 0.410 e. The Morgan fingerprint density at radius 3 is 2.32 bits per heavy atom. The van der Waals surface area contributed by atoms with Crippen LogP contribution in [0.5, 0.6) is 5.75 Å². The van der Waals surface area contributed by atoms with Crippen LogP contribution < -0.4 is 4.74 Å². The molecule has 1 amide bonds. The van der Waals surface area contributed by atoms with E-state index < -0.39 is 23.2 Å². The van der Waals surface area contributed by atoms with Crippen LogP contribution in [0.4, 0.5) is 4.79 Å². The molecule has 0 heterocycles. The normalized spacial score (nSPS) is 23.1. The molecule has 5 aromatic rings. The minimum absolute atomic E-state index is 0.0657.